The zero-order valence-electron chi connectivity index (χ0n) is 15.7. The first kappa shape index (κ1) is 20.2. The van der Waals surface area contributed by atoms with Gasteiger partial charge in [-0.3, -0.25) is 10.1 Å². The van der Waals surface area contributed by atoms with Crippen molar-refractivity contribution in [2.45, 2.75) is 13.3 Å². The molecule has 146 valence electrons. The lowest BCUT2D eigenvalue weighted by atomic mass is 10.1. The molecule has 1 aromatic heterocycles. The maximum Gasteiger partial charge on any atom is 0.270 e. The van der Waals surface area contributed by atoms with Crippen molar-refractivity contribution in [1.29, 1.82) is 0 Å². The molecular weight excluding hydrogens is 386 g/mol. The zero-order valence-corrected chi connectivity index (χ0v) is 16.6. The summed E-state index contributed by atoms with van der Waals surface area (Å²) in [5.74, 6) is -0.408. The number of non-ortho nitro benzene ring substituents is 1. The van der Waals surface area contributed by atoms with Gasteiger partial charge in [-0.15, -0.1) is 0 Å². The standard InChI is InChI=1S/C22H19N3O3S/c1-2-16-8-6-10-18(14-16)23-22(29)20(24-12-4-3-5-13-24)21(26)17-9-7-11-19(15-17)25(27)28/h3-15H,2H2,1H3,(H-,23,26,29). The molecule has 1 N–H and O–H groups in total. The molecule has 0 saturated carbocycles. The molecule has 7 heteroatoms. The van der Waals surface area contributed by atoms with Crippen molar-refractivity contribution >= 4 is 40.0 Å². The molecule has 2 aromatic carbocycles. The molecule has 1 heterocycles. The van der Waals surface area contributed by atoms with Crippen molar-refractivity contribution in [3.63, 3.8) is 0 Å². The van der Waals surface area contributed by atoms with E-state index in [1.807, 2.05) is 30.3 Å². The van der Waals surface area contributed by atoms with Crippen LogP contribution in [0.15, 0.2) is 79.1 Å². The van der Waals surface area contributed by atoms with Gasteiger partial charge in [0.05, 0.1) is 4.92 Å². The van der Waals surface area contributed by atoms with Gasteiger partial charge in [0.15, 0.2) is 17.4 Å². The zero-order chi connectivity index (χ0) is 20.8. The summed E-state index contributed by atoms with van der Waals surface area (Å²) in [6, 6.07) is 18.8. The summed E-state index contributed by atoms with van der Waals surface area (Å²) in [5, 5.41) is 27.5. The van der Waals surface area contributed by atoms with Gasteiger partial charge in [-0.2, -0.15) is 4.57 Å². The van der Waals surface area contributed by atoms with Crippen LogP contribution in [0.4, 0.5) is 11.4 Å². The van der Waals surface area contributed by atoms with Crippen molar-refractivity contribution < 1.29 is 14.6 Å². The SMILES string of the molecule is CCc1cccc(NC(=S)C(=C([O-])c2cccc([N+](=O)[O-])c2)[n+]2ccccc2)c1. The van der Waals surface area contributed by atoms with Gasteiger partial charge in [0, 0.05) is 30.0 Å². The van der Waals surface area contributed by atoms with E-state index in [-0.39, 0.29) is 21.9 Å². The van der Waals surface area contributed by atoms with Crippen LogP contribution in [0.2, 0.25) is 0 Å². The molecule has 0 aliphatic carbocycles. The normalized spacial score (nSPS) is 11.5. The predicted molar refractivity (Wildman–Crippen MR) is 115 cm³/mol. The number of hydrogen-bond acceptors (Lipinski definition) is 4. The van der Waals surface area contributed by atoms with Gasteiger partial charge >= 0.3 is 0 Å². The Labute approximate surface area is 173 Å². The minimum absolute atomic E-state index is 0.150. The average Bonchev–Trinajstić information content (AvgIpc) is 2.74. The molecule has 0 saturated heterocycles. The number of aryl methyl sites for hydroxylation is 1. The predicted octanol–water partition coefficient (Wildman–Crippen LogP) is 3.57. The van der Waals surface area contributed by atoms with Gasteiger partial charge in [-0.25, -0.2) is 0 Å². The van der Waals surface area contributed by atoms with E-state index in [1.165, 1.54) is 18.2 Å². The number of benzene rings is 2. The summed E-state index contributed by atoms with van der Waals surface area (Å²) in [7, 11) is 0. The largest absolute Gasteiger partial charge is 0.867 e. The second-order valence-electron chi connectivity index (χ2n) is 6.28. The molecule has 0 aliphatic rings. The Balaban J connectivity index is 2.07. The smallest absolute Gasteiger partial charge is 0.270 e. The summed E-state index contributed by atoms with van der Waals surface area (Å²) in [6.07, 6.45) is 4.29. The highest BCUT2D eigenvalue weighted by atomic mass is 32.1. The molecule has 0 radical (unpaired) electrons. The van der Waals surface area contributed by atoms with Crippen LogP contribution in [0.3, 0.4) is 0 Å². The highest BCUT2D eigenvalue weighted by molar-refractivity contribution is 7.81. The Morgan fingerprint density at radius 2 is 1.79 bits per heavy atom. The summed E-state index contributed by atoms with van der Waals surface area (Å²) >= 11 is 5.56. The van der Waals surface area contributed by atoms with Gasteiger partial charge < -0.3 is 10.4 Å². The summed E-state index contributed by atoms with van der Waals surface area (Å²) < 4.78 is 1.61. The molecule has 0 amide bonds. The summed E-state index contributed by atoms with van der Waals surface area (Å²) in [5.41, 5.74) is 2.16. The van der Waals surface area contributed by atoms with E-state index >= 15 is 0 Å². The first-order valence-corrected chi connectivity index (χ1v) is 9.43. The van der Waals surface area contributed by atoms with Crippen LogP contribution in [-0.2, 0) is 6.42 Å². The Kier molecular flexibility index (Phi) is 6.31. The third-order valence-corrected chi connectivity index (χ3v) is 4.61. The lowest BCUT2D eigenvalue weighted by Gasteiger charge is -2.17. The maximum absolute atomic E-state index is 13.3. The van der Waals surface area contributed by atoms with E-state index < -0.39 is 10.7 Å². The summed E-state index contributed by atoms with van der Waals surface area (Å²) in [6.45, 7) is 2.06. The van der Waals surface area contributed by atoms with E-state index in [2.05, 4.69) is 12.2 Å². The molecular formula is C22H19N3O3S. The quantitative estimate of drug-likeness (QED) is 0.169. The monoisotopic (exact) mass is 405 g/mol. The highest BCUT2D eigenvalue weighted by Crippen LogP contribution is 2.21. The maximum atomic E-state index is 13.3. The third kappa shape index (κ3) is 4.83. The number of pyridine rings is 1. The molecule has 6 nitrogen and oxygen atoms in total. The van der Waals surface area contributed by atoms with Crippen LogP contribution >= 0.6 is 12.2 Å². The third-order valence-electron chi connectivity index (χ3n) is 4.32. The number of aromatic nitrogens is 1. The van der Waals surface area contributed by atoms with Crippen LogP contribution in [0.1, 0.15) is 18.1 Å². The first-order chi connectivity index (χ1) is 14.0. The first-order valence-electron chi connectivity index (χ1n) is 9.02. The fourth-order valence-corrected chi connectivity index (χ4v) is 3.16. The number of nitro benzene ring substituents is 1. The van der Waals surface area contributed by atoms with Gasteiger partial charge in [-0.1, -0.05) is 49.5 Å². The minimum atomic E-state index is -0.529. The van der Waals surface area contributed by atoms with Gasteiger partial charge in [0.25, 0.3) is 5.69 Å². The Morgan fingerprint density at radius 1 is 1.07 bits per heavy atom. The minimum Gasteiger partial charge on any atom is -0.867 e. The lowest BCUT2D eigenvalue weighted by Crippen LogP contribution is -2.39. The fourth-order valence-electron chi connectivity index (χ4n) is 2.84. The Hall–Kier alpha value is -3.58. The lowest BCUT2D eigenvalue weighted by molar-refractivity contribution is -0.577. The molecule has 29 heavy (non-hydrogen) atoms. The van der Waals surface area contributed by atoms with Crippen LogP contribution in [0.5, 0.6) is 0 Å². The topological polar surface area (TPSA) is 82.1 Å². The van der Waals surface area contributed by atoms with Crippen LogP contribution in [0, 0.1) is 10.1 Å². The molecule has 0 fully saturated rings. The van der Waals surface area contributed by atoms with Gasteiger partial charge in [0.1, 0.15) is 0 Å². The molecule has 3 aromatic rings. The van der Waals surface area contributed by atoms with Crippen LogP contribution < -0.4 is 15.0 Å². The number of thiocarbonyl (C=S) groups is 1. The van der Waals surface area contributed by atoms with Crippen molar-refractivity contribution in [1.82, 2.24) is 0 Å². The number of nitro groups is 1. The van der Waals surface area contributed by atoms with Crippen LogP contribution in [0.25, 0.3) is 11.5 Å². The van der Waals surface area contributed by atoms with E-state index in [0.29, 0.717) is 0 Å². The molecule has 3 rings (SSSR count). The molecule has 0 unspecified atom stereocenters. The Bertz CT molecular complexity index is 1080. The van der Waals surface area contributed by atoms with E-state index in [1.54, 1.807) is 35.2 Å². The van der Waals surface area contributed by atoms with E-state index in [0.717, 1.165) is 17.7 Å². The Morgan fingerprint density at radius 3 is 2.48 bits per heavy atom. The molecule has 0 atom stereocenters. The average molecular weight is 405 g/mol. The van der Waals surface area contributed by atoms with Crippen molar-refractivity contribution in [3.05, 3.63) is 100 Å². The summed E-state index contributed by atoms with van der Waals surface area (Å²) in [4.78, 5) is 10.8. The van der Waals surface area contributed by atoms with Crippen LogP contribution in [-0.4, -0.2) is 9.91 Å². The molecule has 0 bridgehead atoms. The van der Waals surface area contributed by atoms with Crippen molar-refractivity contribution in [2.75, 3.05) is 5.32 Å². The fraction of sp³-hybridized carbons (Fsp3) is 0.0909. The van der Waals surface area contributed by atoms with E-state index in [4.69, 9.17) is 12.2 Å². The number of rotatable bonds is 6. The van der Waals surface area contributed by atoms with Gasteiger partial charge in [0.2, 0.25) is 5.70 Å². The second kappa shape index (κ2) is 9.07. The second-order valence-corrected chi connectivity index (χ2v) is 6.68. The van der Waals surface area contributed by atoms with Crippen molar-refractivity contribution in [2.24, 2.45) is 0 Å². The number of anilines is 1. The van der Waals surface area contributed by atoms with Gasteiger partial charge in [-0.05, 0) is 35.4 Å². The number of nitrogens with one attached hydrogen (secondary N) is 1. The molecule has 0 spiro atoms. The number of nitrogens with zero attached hydrogens (tertiary/aromatic N) is 2. The highest BCUT2D eigenvalue weighted by Gasteiger charge is 2.19. The number of hydrogen-bond donors (Lipinski definition) is 1. The van der Waals surface area contributed by atoms with E-state index in [9.17, 15) is 15.2 Å². The molecule has 0 aliphatic heterocycles. The van der Waals surface area contributed by atoms with Crippen molar-refractivity contribution in [3.8, 4) is 0 Å².